The summed E-state index contributed by atoms with van der Waals surface area (Å²) in [4.78, 5) is 12.8. The molecule has 1 N–H and O–H groups in total. The first-order valence-corrected chi connectivity index (χ1v) is 6.87. The topological polar surface area (TPSA) is 38.3 Å². The zero-order valence-electron chi connectivity index (χ0n) is 9.03. The van der Waals surface area contributed by atoms with Crippen LogP contribution < -0.4 is 5.32 Å². The van der Waals surface area contributed by atoms with Crippen molar-refractivity contribution in [3.63, 3.8) is 0 Å². The minimum atomic E-state index is -0.141. The smallest absolute Gasteiger partial charge is 0.323 e. The molecule has 1 fully saturated rings. The molecule has 0 aromatic carbocycles. The zero-order chi connectivity index (χ0) is 11.5. The van der Waals surface area contributed by atoms with Crippen molar-refractivity contribution in [2.24, 2.45) is 5.92 Å². The van der Waals surface area contributed by atoms with Gasteiger partial charge in [0.1, 0.15) is 6.04 Å². The standard InChI is InChI=1S/C11H14BrNO2S/c1-15-11(14)10(7-2-3-7)13-6-8-4-5-9(12)16-8/h4-5,7,10,13H,2-3,6H2,1H3. The van der Waals surface area contributed by atoms with Gasteiger partial charge in [-0.3, -0.25) is 10.1 Å². The van der Waals surface area contributed by atoms with Crippen molar-refractivity contribution in [1.29, 1.82) is 0 Å². The van der Waals surface area contributed by atoms with Crippen LogP contribution in [0.15, 0.2) is 15.9 Å². The lowest BCUT2D eigenvalue weighted by Gasteiger charge is -2.14. The molecule has 0 spiro atoms. The summed E-state index contributed by atoms with van der Waals surface area (Å²) in [7, 11) is 1.45. The molecule has 1 aliphatic rings. The highest BCUT2D eigenvalue weighted by Crippen LogP contribution is 2.33. The van der Waals surface area contributed by atoms with Gasteiger partial charge in [0.25, 0.3) is 0 Å². The van der Waals surface area contributed by atoms with Gasteiger partial charge >= 0.3 is 5.97 Å². The fourth-order valence-corrected chi connectivity index (χ4v) is 3.09. The van der Waals surface area contributed by atoms with Crippen LogP contribution >= 0.6 is 27.3 Å². The van der Waals surface area contributed by atoms with Crippen LogP contribution in [0.1, 0.15) is 17.7 Å². The third-order valence-corrected chi connectivity index (χ3v) is 4.30. The average molecular weight is 304 g/mol. The largest absolute Gasteiger partial charge is 0.468 e. The summed E-state index contributed by atoms with van der Waals surface area (Å²) in [6, 6.07) is 3.94. The van der Waals surface area contributed by atoms with Crippen molar-refractivity contribution in [3.8, 4) is 0 Å². The van der Waals surface area contributed by atoms with Gasteiger partial charge in [0.2, 0.25) is 0 Å². The second kappa shape index (κ2) is 5.29. The summed E-state index contributed by atoms with van der Waals surface area (Å²) < 4.78 is 5.92. The first-order chi connectivity index (χ1) is 7.70. The highest BCUT2D eigenvalue weighted by Gasteiger charge is 2.36. The summed E-state index contributed by atoms with van der Waals surface area (Å²) >= 11 is 5.11. The van der Waals surface area contributed by atoms with Gasteiger partial charge in [0, 0.05) is 11.4 Å². The first kappa shape index (κ1) is 12.1. The van der Waals surface area contributed by atoms with E-state index in [9.17, 15) is 4.79 Å². The van der Waals surface area contributed by atoms with Crippen LogP contribution in [0.2, 0.25) is 0 Å². The summed E-state index contributed by atoms with van der Waals surface area (Å²) in [6.07, 6.45) is 2.25. The number of nitrogens with one attached hydrogen (secondary N) is 1. The van der Waals surface area contributed by atoms with Crippen LogP contribution in [0.4, 0.5) is 0 Å². The molecule has 1 unspecified atom stereocenters. The molecule has 88 valence electrons. The number of ether oxygens (including phenoxy) is 1. The van der Waals surface area contributed by atoms with Crippen molar-refractivity contribution in [1.82, 2.24) is 5.32 Å². The molecule has 2 rings (SSSR count). The third kappa shape index (κ3) is 3.06. The zero-order valence-corrected chi connectivity index (χ0v) is 11.4. The number of hydrogen-bond acceptors (Lipinski definition) is 4. The normalized spacial score (nSPS) is 17.1. The van der Waals surface area contributed by atoms with Gasteiger partial charge in [0.05, 0.1) is 10.9 Å². The molecule has 1 aromatic heterocycles. The Morgan fingerprint density at radius 1 is 1.69 bits per heavy atom. The van der Waals surface area contributed by atoms with Gasteiger partial charge in [-0.15, -0.1) is 11.3 Å². The second-order valence-corrected chi connectivity index (χ2v) is 6.47. The van der Waals surface area contributed by atoms with Crippen LogP contribution in [-0.2, 0) is 16.1 Å². The molecule has 0 saturated heterocycles. The molecule has 0 aliphatic heterocycles. The van der Waals surface area contributed by atoms with E-state index < -0.39 is 0 Å². The molecule has 3 nitrogen and oxygen atoms in total. The second-order valence-electron chi connectivity index (χ2n) is 3.92. The first-order valence-electron chi connectivity index (χ1n) is 5.26. The average Bonchev–Trinajstić information content (AvgIpc) is 3.02. The minimum Gasteiger partial charge on any atom is -0.468 e. The maximum atomic E-state index is 11.5. The Morgan fingerprint density at radius 3 is 2.94 bits per heavy atom. The van der Waals surface area contributed by atoms with Crippen LogP contribution in [0.5, 0.6) is 0 Å². The Hall–Kier alpha value is -0.390. The Balaban J connectivity index is 1.88. The number of esters is 1. The number of methoxy groups -OCH3 is 1. The fraction of sp³-hybridized carbons (Fsp3) is 0.545. The quantitative estimate of drug-likeness (QED) is 0.850. The number of carbonyl (C=O) groups is 1. The highest BCUT2D eigenvalue weighted by molar-refractivity contribution is 9.11. The third-order valence-electron chi connectivity index (χ3n) is 2.67. The van der Waals surface area contributed by atoms with Crippen LogP contribution in [0, 0.1) is 5.92 Å². The molecule has 0 bridgehead atoms. The van der Waals surface area contributed by atoms with E-state index in [1.807, 2.05) is 6.07 Å². The lowest BCUT2D eigenvalue weighted by Crippen LogP contribution is -2.38. The Bertz CT molecular complexity index is 376. The molecule has 1 aliphatic carbocycles. The van der Waals surface area contributed by atoms with Crippen LogP contribution in [0.25, 0.3) is 0 Å². The number of carbonyl (C=O) groups excluding carboxylic acids is 1. The SMILES string of the molecule is COC(=O)C(NCc1ccc(Br)s1)C1CC1. The maximum absolute atomic E-state index is 11.5. The van der Waals surface area contributed by atoms with Crippen LogP contribution in [-0.4, -0.2) is 19.1 Å². The van der Waals surface area contributed by atoms with Crippen molar-refractivity contribution in [2.45, 2.75) is 25.4 Å². The summed E-state index contributed by atoms with van der Waals surface area (Å²) in [5, 5.41) is 3.28. The van der Waals surface area contributed by atoms with E-state index in [-0.39, 0.29) is 12.0 Å². The Labute approximate surface area is 107 Å². The van der Waals surface area contributed by atoms with Gasteiger partial charge in [-0.1, -0.05) is 0 Å². The highest BCUT2D eigenvalue weighted by atomic mass is 79.9. The van der Waals surface area contributed by atoms with Gasteiger partial charge in [-0.25, -0.2) is 0 Å². The van der Waals surface area contributed by atoms with E-state index in [1.165, 1.54) is 12.0 Å². The molecule has 0 radical (unpaired) electrons. The molecule has 16 heavy (non-hydrogen) atoms. The predicted molar refractivity (Wildman–Crippen MR) is 67.4 cm³/mol. The Kier molecular flexibility index (Phi) is 4.00. The van der Waals surface area contributed by atoms with Gasteiger partial charge in [-0.05, 0) is 46.8 Å². The van der Waals surface area contributed by atoms with Gasteiger partial charge < -0.3 is 4.74 Å². The van der Waals surface area contributed by atoms with E-state index in [2.05, 4.69) is 27.3 Å². The number of thiophene rings is 1. The number of halogens is 1. The van der Waals surface area contributed by atoms with Crippen molar-refractivity contribution >= 4 is 33.2 Å². The van der Waals surface area contributed by atoms with Crippen molar-refractivity contribution in [2.75, 3.05) is 7.11 Å². The molecule has 1 saturated carbocycles. The van der Waals surface area contributed by atoms with E-state index >= 15 is 0 Å². The summed E-state index contributed by atoms with van der Waals surface area (Å²) in [6.45, 7) is 0.729. The van der Waals surface area contributed by atoms with Crippen molar-refractivity contribution < 1.29 is 9.53 Å². The minimum absolute atomic E-state index is 0.133. The fourth-order valence-electron chi connectivity index (χ4n) is 1.66. The van der Waals surface area contributed by atoms with Gasteiger partial charge in [-0.2, -0.15) is 0 Å². The summed E-state index contributed by atoms with van der Waals surface area (Å²) in [5.41, 5.74) is 0. The van der Waals surface area contributed by atoms with Crippen LogP contribution in [0.3, 0.4) is 0 Å². The maximum Gasteiger partial charge on any atom is 0.323 e. The van der Waals surface area contributed by atoms with E-state index in [0.29, 0.717) is 5.92 Å². The molecule has 1 atom stereocenters. The number of rotatable bonds is 5. The molecule has 5 heteroatoms. The molecular weight excluding hydrogens is 290 g/mol. The molecular formula is C11H14BrNO2S. The lowest BCUT2D eigenvalue weighted by atomic mass is 10.2. The van der Waals surface area contributed by atoms with E-state index in [1.54, 1.807) is 11.3 Å². The monoisotopic (exact) mass is 303 g/mol. The lowest BCUT2D eigenvalue weighted by molar-refractivity contribution is -0.143. The van der Waals surface area contributed by atoms with Gasteiger partial charge in [0.15, 0.2) is 0 Å². The predicted octanol–water partition coefficient (Wildman–Crippen LogP) is 2.55. The summed E-state index contributed by atoms with van der Waals surface area (Å²) in [5.74, 6) is 0.328. The molecule has 1 heterocycles. The number of hydrogen-bond donors (Lipinski definition) is 1. The van der Waals surface area contributed by atoms with E-state index in [0.717, 1.165) is 23.2 Å². The van der Waals surface area contributed by atoms with E-state index in [4.69, 9.17) is 4.74 Å². The molecule has 1 aromatic rings. The molecule has 0 amide bonds. The Morgan fingerprint density at radius 2 is 2.44 bits per heavy atom. The van der Waals surface area contributed by atoms with Crippen molar-refractivity contribution in [3.05, 3.63) is 20.8 Å².